The lowest BCUT2D eigenvalue weighted by molar-refractivity contribution is -0.143. The summed E-state index contributed by atoms with van der Waals surface area (Å²) in [7, 11) is 0. The number of aryl methyl sites for hydroxylation is 1. The molecule has 18 heavy (non-hydrogen) atoms. The topological polar surface area (TPSA) is 92.2 Å². The Labute approximate surface area is 108 Å². The molecule has 7 heteroatoms. The molecule has 1 aliphatic heterocycles. The Morgan fingerprint density at radius 3 is 2.72 bits per heavy atom. The van der Waals surface area contributed by atoms with Crippen molar-refractivity contribution < 1.29 is 14.7 Å². The van der Waals surface area contributed by atoms with Gasteiger partial charge in [0.15, 0.2) is 0 Å². The highest BCUT2D eigenvalue weighted by Gasteiger charge is 2.43. The van der Waals surface area contributed by atoms with Gasteiger partial charge in [0.1, 0.15) is 11.2 Å². The van der Waals surface area contributed by atoms with Crippen LogP contribution in [0.15, 0.2) is 12.4 Å². The number of hydrogen-bond acceptors (Lipinski definition) is 5. The minimum Gasteiger partial charge on any atom is -0.479 e. The van der Waals surface area contributed by atoms with Gasteiger partial charge in [-0.05, 0) is 19.1 Å². The normalized spacial score (nSPS) is 22.7. The predicted molar refractivity (Wildman–Crippen MR) is 66.5 cm³/mol. The third-order valence-corrected chi connectivity index (χ3v) is 3.99. The molecule has 2 rings (SSSR count). The number of carbonyl (C=O) groups excluding carboxylic acids is 1. The molecule has 1 atom stereocenters. The number of aromatic nitrogens is 2. The molecule has 0 spiro atoms. The summed E-state index contributed by atoms with van der Waals surface area (Å²) >= 11 is 1.52. The highest BCUT2D eigenvalue weighted by atomic mass is 32.2. The van der Waals surface area contributed by atoms with Gasteiger partial charge >= 0.3 is 5.97 Å². The minimum absolute atomic E-state index is 0.137. The van der Waals surface area contributed by atoms with E-state index in [1.54, 1.807) is 6.92 Å². The molecule has 0 unspecified atom stereocenters. The molecule has 0 bridgehead atoms. The summed E-state index contributed by atoms with van der Waals surface area (Å²) < 4.78 is 0. The molecule has 96 valence electrons. The van der Waals surface area contributed by atoms with Gasteiger partial charge in [-0.25, -0.2) is 9.78 Å². The van der Waals surface area contributed by atoms with E-state index in [1.807, 2.05) is 0 Å². The monoisotopic (exact) mass is 267 g/mol. The first-order valence-corrected chi connectivity index (χ1v) is 6.61. The van der Waals surface area contributed by atoms with Crippen LogP contribution in [0.1, 0.15) is 22.6 Å². The summed E-state index contributed by atoms with van der Waals surface area (Å²) in [5, 5.41) is 11.8. The van der Waals surface area contributed by atoms with E-state index in [0.29, 0.717) is 17.9 Å². The summed E-state index contributed by atoms with van der Waals surface area (Å²) in [4.78, 5) is 31.1. The fourth-order valence-corrected chi connectivity index (χ4v) is 3.00. The number of rotatable bonds is 3. The Kier molecular flexibility index (Phi) is 3.51. The van der Waals surface area contributed by atoms with E-state index in [2.05, 4.69) is 15.3 Å². The number of thioether (sulfide) groups is 1. The zero-order chi connectivity index (χ0) is 13.2. The molecule has 0 saturated carbocycles. The fourth-order valence-electron chi connectivity index (χ4n) is 1.68. The summed E-state index contributed by atoms with van der Waals surface area (Å²) in [6.45, 7) is 1.76. The largest absolute Gasteiger partial charge is 0.479 e. The van der Waals surface area contributed by atoms with Gasteiger partial charge in [0.25, 0.3) is 5.91 Å². The summed E-state index contributed by atoms with van der Waals surface area (Å²) in [5.41, 5.74) is -0.331. The van der Waals surface area contributed by atoms with Gasteiger partial charge in [0, 0.05) is 11.9 Å². The van der Waals surface area contributed by atoms with E-state index >= 15 is 0 Å². The molecule has 1 amide bonds. The number of nitrogens with zero attached hydrogens (tertiary/aromatic N) is 2. The van der Waals surface area contributed by atoms with Crippen molar-refractivity contribution in [1.29, 1.82) is 0 Å². The minimum atomic E-state index is -1.17. The Balaban J connectivity index is 2.15. The fraction of sp³-hybridized carbons (Fsp3) is 0.455. The maximum Gasteiger partial charge on any atom is 0.330 e. The average Bonchev–Trinajstić information content (AvgIpc) is 2.79. The number of carbonyl (C=O) groups is 2. The first-order valence-electron chi connectivity index (χ1n) is 5.46. The molecular weight excluding hydrogens is 254 g/mol. The molecule has 1 fully saturated rings. The summed E-state index contributed by atoms with van der Waals surface area (Å²) in [6.07, 6.45) is 3.26. The number of aliphatic carboxylic acids is 1. The lowest BCUT2D eigenvalue weighted by atomic mass is 9.99. The maximum absolute atomic E-state index is 11.9. The van der Waals surface area contributed by atoms with Crippen molar-refractivity contribution in [3.05, 3.63) is 23.8 Å². The number of hydrogen-bond donors (Lipinski definition) is 2. The third kappa shape index (κ3) is 2.45. The second-order valence-electron chi connectivity index (χ2n) is 4.19. The number of carboxylic acids is 1. The Hall–Kier alpha value is -1.63. The van der Waals surface area contributed by atoms with Crippen LogP contribution >= 0.6 is 11.8 Å². The molecule has 0 radical (unpaired) electrons. The number of nitrogens with one attached hydrogen (secondary N) is 1. The van der Waals surface area contributed by atoms with Crippen molar-refractivity contribution in [2.75, 3.05) is 11.5 Å². The molecule has 1 aliphatic rings. The van der Waals surface area contributed by atoms with Crippen molar-refractivity contribution in [2.45, 2.75) is 18.9 Å². The zero-order valence-corrected chi connectivity index (χ0v) is 10.7. The summed E-state index contributed by atoms with van der Waals surface area (Å²) in [6, 6.07) is 0. The molecule has 1 saturated heterocycles. The van der Waals surface area contributed by atoms with Gasteiger partial charge in [-0.2, -0.15) is 11.8 Å². The highest BCUT2D eigenvalue weighted by Crippen LogP contribution is 2.28. The van der Waals surface area contributed by atoms with E-state index in [0.717, 1.165) is 5.75 Å². The Bertz CT molecular complexity index is 469. The van der Waals surface area contributed by atoms with Crippen LogP contribution in [-0.4, -0.2) is 44.0 Å². The van der Waals surface area contributed by atoms with Gasteiger partial charge in [-0.15, -0.1) is 0 Å². The Morgan fingerprint density at radius 2 is 2.22 bits per heavy atom. The molecule has 0 aromatic carbocycles. The zero-order valence-electron chi connectivity index (χ0n) is 9.84. The quantitative estimate of drug-likeness (QED) is 0.827. The molecular formula is C11H13N3O3S. The second-order valence-corrected chi connectivity index (χ2v) is 5.29. The van der Waals surface area contributed by atoms with Crippen LogP contribution in [0.4, 0.5) is 0 Å². The van der Waals surface area contributed by atoms with Gasteiger partial charge in [-0.1, -0.05) is 0 Å². The molecule has 2 heterocycles. The van der Waals surface area contributed by atoms with Crippen LogP contribution < -0.4 is 5.32 Å². The van der Waals surface area contributed by atoms with Crippen molar-refractivity contribution in [2.24, 2.45) is 0 Å². The summed E-state index contributed by atoms with van der Waals surface area (Å²) in [5.74, 6) is -0.382. The molecule has 0 aliphatic carbocycles. The first kappa shape index (κ1) is 12.8. The van der Waals surface area contributed by atoms with Crippen molar-refractivity contribution >= 4 is 23.6 Å². The standard InChI is InChI=1S/C11H13N3O3S/c1-7-4-13-8(5-12-7)9(15)14-11(10(16)17)2-3-18-6-11/h4-5H,2-3,6H2,1H3,(H,14,15)(H,16,17)/t11-/m0/s1. The van der Waals surface area contributed by atoms with Crippen molar-refractivity contribution in [1.82, 2.24) is 15.3 Å². The lowest BCUT2D eigenvalue weighted by Crippen LogP contribution is -2.54. The molecule has 1 aromatic heterocycles. The van der Waals surface area contributed by atoms with Crippen LogP contribution in [0.5, 0.6) is 0 Å². The van der Waals surface area contributed by atoms with Crippen LogP contribution in [-0.2, 0) is 4.79 Å². The number of carboxylic acid groups (broad SMARTS) is 1. The van der Waals surface area contributed by atoms with E-state index in [4.69, 9.17) is 0 Å². The van der Waals surface area contributed by atoms with Crippen molar-refractivity contribution in [3.8, 4) is 0 Å². The average molecular weight is 267 g/mol. The highest BCUT2D eigenvalue weighted by molar-refractivity contribution is 7.99. The van der Waals surface area contributed by atoms with Gasteiger partial charge in [0.05, 0.1) is 11.9 Å². The maximum atomic E-state index is 11.9. The van der Waals surface area contributed by atoms with Gasteiger partial charge < -0.3 is 10.4 Å². The van der Waals surface area contributed by atoms with Crippen LogP contribution in [0, 0.1) is 6.92 Å². The third-order valence-electron chi connectivity index (χ3n) is 2.80. The molecule has 6 nitrogen and oxygen atoms in total. The van der Waals surface area contributed by atoms with Crippen molar-refractivity contribution in [3.63, 3.8) is 0 Å². The van der Waals surface area contributed by atoms with E-state index in [1.165, 1.54) is 24.2 Å². The Morgan fingerprint density at radius 1 is 1.44 bits per heavy atom. The van der Waals surface area contributed by atoms with Crippen LogP contribution in [0.3, 0.4) is 0 Å². The molecule has 2 N–H and O–H groups in total. The van der Waals surface area contributed by atoms with Crippen LogP contribution in [0.2, 0.25) is 0 Å². The lowest BCUT2D eigenvalue weighted by Gasteiger charge is -2.24. The van der Waals surface area contributed by atoms with E-state index < -0.39 is 17.4 Å². The first-order chi connectivity index (χ1) is 8.53. The van der Waals surface area contributed by atoms with Crippen LogP contribution in [0.25, 0.3) is 0 Å². The number of amides is 1. The molecule has 1 aromatic rings. The SMILES string of the molecule is Cc1cnc(C(=O)N[C@@]2(C(=O)O)CCSC2)cn1. The van der Waals surface area contributed by atoms with Gasteiger partial charge in [-0.3, -0.25) is 9.78 Å². The predicted octanol–water partition coefficient (Wildman–Crippen LogP) is 0.475. The van der Waals surface area contributed by atoms with Gasteiger partial charge in [0.2, 0.25) is 0 Å². The smallest absolute Gasteiger partial charge is 0.330 e. The van der Waals surface area contributed by atoms with E-state index in [-0.39, 0.29) is 5.69 Å². The van der Waals surface area contributed by atoms with E-state index in [9.17, 15) is 14.7 Å². The second kappa shape index (κ2) is 4.93.